The summed E-state index contributed by atoms with van der Waals surface area (Å²) in [7, 11) is 0. The largest absolute Gasteiger partial charge is 0.481 e. The lowest BCUT2D eigenvalue weighted by Crippen LogP contribution is -2.69. The summed E-state index contributed by atoms with van der Waals surface area (Å²) in [5.41, 5.74) is -1.43. The van der Waals surface area contributed by atoms with E-state index >= 15 is 0 Å². The molecule has 0 aliphatic carbocycles. The fourth-order valence-electron chi connectivity index (χ4n) is 3.47. The van der Waals surface area contributed by atoms with Crippen LogP contribution in [0, 0.1) is 5.92 Å². The van der Waals surface area contributed by atoms with Crippen molar-refractivity contribution in [2.45, 2.75) is 71.2 Å². The number of likely N-dealkylation sites (tertiary alicyclic amines) is 2. The molecule has 0 aromatic rings. The van der Waals surface area contributed by atoms with E-state index in [4.69, 9.17) is 9.47 Å². The Morgan fingerprint density at radius 2 is 1.63 bits per heavy atom. The molecule has 0 aromatic carbocycles. The first-order chi connectivity index (χ1) is 12.2. The molecule has 27 heavy (non-hydrogen) atoms. The highest BCUT2D eigenvalue weighted by molar-refractivity contribution is 5.96. The van der Waals surface area contributed by atoms with Crippen molar-refractivity contribution in [1.82, 2.24) is 9.80 Å². The van der Waals surface area contributed by atoms with Gasteiger partial charge in [-0.05, 0) is 41.5 Å². The molecule has 1 N–H and O–H groups in total. The summed E-state index contributed by atoms with van der Waals surface area (Å²) in [6.45, 7) is 10.1. The number of fused-ring (bicyclic) bond motifs is 1. The lowest BCUT2D eigenvalue weighted by Gasteiger charge is -2.46. The summed E-state index contributed by atoms with van der Waals surface area (Å²) in [5, 5.41) is 9.17. The van der Waals surface area contributed by atoms with Crippen molar-refractivity contribution < 1.29 is 33.8 Å². The number of carbonyl (C=O) groups excluding carboxylic acids is 3. The first-order valence-electron chi connectivity index (χ1n) is 8.93. The number of carbonyl (C=O) groups is 4. The van der Waals surface area contributed by atoms with E-state index in [0.29, 0.717) is 0 Å². The van der Waals surface area contributed by atoms with Gasteiger partial charge in [0.25, 0.3) is 0 Å². The van der Waals surface area contributed by atoms with Crippen LogP contribution in [0.25, 0.3) is 0 Å². The molecule has 1 unspecified atom stereocenters. The number of carboxylic acids is 1. The summed E-state index contributed by atoms with van der Waals surface area (Å²) in [5.74, 6) is -2.47. The lowest BCUT2D eigenvalue weighted by atomic mass is 9.86. The molecule has 0 bridgehead atoms. The maximum Gasteiger partial charge on any atom is 0.411 e. The topological polar surface area (TPSA) is 113 Å². The van der Waals surface area contributed by atoms with Crippen LogP contribution in [0.4, 0.5) is 4.79 Å². The normalized spacial score (nSPS) is 25.0. The summed E-state index contributed by atoms with van der Waals surface area (Å²) in [4.78, 5) is 50.9. The van der Waals surface area contributed by atoms with E-state index in [1.165, 1.54) is 9.80 Å². The molecule has 2 aliphatic rings. The van der Waals surface area contributed by atoms with Gasteiger partial charge in [-0.25, -0.2) is 4.79 Å². The van der Waals surface area contributed by atoms with Crippen molar-refractivity contribution in [3.63, 3.8) is 0 Å². The smallest absolute Gasteiger partial charge is 0.411 e. The van der Waals surface area contributed by atoms with Gasteiger partial charge in [-0.15, -0.1) is 0 Å². The van der Waals surface area contributed by atoms with Crippen LogP contribution in [0.3, 0.4) is 0 Å². The van der Waals surface area contributed by atoms with Crippen LogP contribution in [0.15, 0.2) is 0 Å². The molecule has 9 nitrogen and oxygen atoms in total. The van der Waals surface area contributed by atoms with E-state index in [2.05, 4.69) is 0 Å². The molecule has 9 heteroatoms. The number of aliphatic carboxylic acids is 1. The van der Waals surface area contributed by atoms with Gasteiger partial charge >= 0.3 is 18.0 Å². The first kappa shape index (κ1) is 21.0. The van der Waals surface area contributed by atoms with E-state index in [1.54, 1.807) is 41.5 Å². The number of hydrogen-bond donors (Lipinski definition) is 1. The molecule has 2 saturated heterocycles. The molecule has 0 radical (unpaired) electrons. The van der Waals surface area contributed by atoms with Gasteiger partial charge in [0.15, 0.2) is 0 Å². The highest BCUT2D eigenvalue weighted by Gasteiger charge is 2.61. The maximum atomic E-state index is 12.6. The van der Waals surface area contributed by atoms with Crippen LogP contribution >= 0.6 is 0 Å². The zero-order chi connectivity index (χ0) is 20.7. The maximum absolute atomic E-state index is 12.6. The molecule has 2 amide bonds. The molecular weight excluding hydrogens is 356 g/mol. The summed E-state index contributed by atoms with van der Waals surface area (Å²) >= 11 is 0. The minimum atomic E-state index is -1.03. The first-order valence-corrected chi connectivity index (χ1v) is 8.93. The van der Waals surface area contributed by atoms with Crippen molar-refractivity contribution in [3.05, 3.63) is 0 Å². The zero-order valence-electron chi connectivity index (χ0n) is 16.6. The van der Waals surface area contributed by atoms with Crippen LogP contribution in [-0.2, 0) is 23.9 Å². The van der Waals surface area contributed by atoms with Gasteiger partial charge < -0.3 is 19.5 Å². The minimum absolute atomic E-state index is 0.0904. The Morgan fingerprint density at radius 3 is 2.11 bits per heavy atom. The fourth-order valence-corrected chi connectivity index (χ4v) is 3.47. The van der Waals surface area contributed by atoms with Crippen molar-refractivity contribution in [2.24, 2.45) is 5.92 Å². The van der Waals surface area contributed by atoms with Gasteiger partial charge in [0.05, 0.1) is 12.5 Å². The Morgan fingerprint density at radius 1 is 1.07 bits per heavy atom. The second-order valence-corrected chi connectivity index (χ2v) is 8.98. The standard InChI is InChI=1S/C18H28N2O7/c1-17(2,3)26-12(23)9-19-13-10(7-11(21)22)8-20(14(13)15(19)24)16(25)27-18(4,5)6/h10,13-14H,7-9H2,1-6H3,(H,21,22)/t10-,13?,14+/m1/s1. The molecule has 2 fully saturated rings. The van der Waals surface area contributed by atoms with E-state index in [0.717, 1.165) is 0 Å². The number of amides is 2. The number of carboxylic acid groups (broad SMARTS) is 1. The van der Waals surface area contributed by atoms with E-state index in [-0.39, 0.29) is 19.5 Å². The third-order valence-corrected chi connectivity index (χ3v) is 4.25. The summed E-state index contributed by atoms with van der Waals surface area (Å²) in [6.07, 6.45) is -0.867. The molecule has 2 aliphatic heterocycles. The van der Waals surface area contributed by atoms with E-state index in [1.807, 2.05) is 0 Å². The highest BCUT2D eigenvalue weighted by atomic mass is 16.6. The van der Waals surface area contributed by atoms with E-state index in [9.17, 15) is 24.3 Å². The number of hydrogen-bond acceptors (Lipinski definition) is 6. The molecule has 2 rings (SSSR count). The zero-order valence-corrected chi connectivity index (χ0v) is 16.6. The minimum Gasteiger partial charge on any atom is -0.481 e. The van der Waals surface area contributed by atoms with Crippen LogP contribution in [-0.4, -0.2) is 75.2 Å². The SMILES string of the molecule is CC(C)(C)OC(=O)CN1C(=O)[C@@H]2C1[C@H](CC(=O)O)CN2C(=O)OC(C)(C)C. The predicted molar refractivity (Wildman–Crippen MR) is 93.8 cm³/mol. The molecular formula is C18H28N2O7. The average Bonchev–Trinajstić information content (AvgIpc) is 2.75. The Hall–Kier alpha value is -2.32. The van der Waals surface area contributed by atoms with Crippen LogP contribution in [0.1, 0.15) is 48.0 Å². The molecule has 0 spiro atoms. The monoisotopic (exact) mass is 384 g/mol. The quantitative estimate of drug-likeness (QED) is 0.573. The molecule has 152 valence electrons. The number of rotatable bonds is 4. The number of ether oxygens (including phenoxy) is 2. The second-order valence-electron chi connectivity index (χ2n) is 8.98. The summed E-state index contributed by atoms with van der Waals surface area (Å²) in [6, 6.07) is -1.33. The van der Waals surface area contributed by atoms with E-state index < -0.39 is 53.1 Å². The summed E-state index contributed by atoms with van der Waals surface area (Å²) < 4.78 is 10.6. The molecule has 0 aromatic heterocycles. The lowest BCUT2D eigenvalue weighted by molar-refractivity contribution is -0.169. The van der Waals surface area contributed by atoms with Gasteiger partial charge in [-0.2, -0.15) is 0 Å². The molecule has 2 heterocycles. The van der Waals surface area contributed by atoms with Crippen molar-refractivity contribution in [2.75, 3.05) is 13.1 Å². The molecule has 0 saturated carbocycles. The number of esters is 1. The van der Waals surface area contributed by atoms with Crippen LogP contribution in [0.2, 0.25) is 0 Å². The Labute approximate surface area is 158 Å². The van der Waals surface area contributed by atoms with Crippen molar-refractivity contribution in [3.8, 4) is 0 Å². The molecule has 3 atom stereocenters. The van der Waals surface area contributed by atoms with Crippen LogP contribution in [0.5, 0.6) is 0 Å². The van der Waals surface area contributed by atoms with Crippen LogP contribution < -0.4 is 0 Å². The van der Waals surface area contributed by atoms with Crippen molar-refractivity contribution >= 4 is 23.9 Å². The third kappa shape index (κ3) is 4.90. The van der Waals surface area contributed by atoms with Gasteiger partial charge in [0, 0.05) is 12.5 Å². The third-order valence-electron chi connectivity index (χ3n) is 4.25. The number of nitrogens with zero attached hydrogens (tertiary/aromatic N) is 2. The van der Waals surface area contributed by atoms with Gasteiger partial charge in [0.2, 0.25) is 5.91 Å². The average molecular weight is 384 g/mol. The van der Waals surface area contributed by atoms with Gasteiger partial charge in [0.1, 0.15) is 23.8 Å². The second kappa shape index (κ2) is 7.01. The number of β-lactam (4-membered cyclic amide) rings is 1. The Balaban J connectivity index is 2.15. The predicted octanol–water partition coefficient (Wildman–Crippen LogP) is 1.25. The van der Waals surface area contributed by atoms with Crippen molar-refractivity contribution in [1.29, 1.82) is 0 Å². The fraction of sp³-hybridized carbons (Fsp3) is 0.778. The Kier molecular flexibility index (Phi) is 5.45. The van der Waals surface area contributed by atoms with Gasteiger partial charge in [-0.3, -0.25) is 19.3 Å². The van der Waals surface area contributed by atoms with Gasteiger partial charge in [-0.1, -0.05) is 0 Å². The Bertz CT molecular complexity index is 647. The highest BCUT2D eigenvalue weighted by Crippen LogP contribution is 2.40.